The second kappa shape index (κ2) is 8.04. The lowest BCUT2D eigenvalue weighted by Crippen LogP contribution is -2.39. The van der Waals surface area contributed by atoms with Crippen LogP contribution in [0.15, 0.2) is 24.3 Å². The van der Waals surface area contributed by atoms with Gasteiger partial charge in [-0.2, -0.15) is 0 Å². The first-order valence-corrected chi connectivity index (χ1v) is 10.8. The quantitative estimate of drug-likeness (QED) is 0.812. The fourth-order valence-corrected chi connectivity index (χ4v) is 4.46. The number of carbonyl (C=O) groups excluding carboxylic acids is 2. The summed E-state index contributed by atoms with van der Waals surface area (Å²) in [6, 6.07) is 8.26. The van der Waals surface area contributed by atoms with Crippen molar-refractivity contribution in [1.29, 1.82) is 0 Å². The Labute approximate surface area is 162 Å². The van der Waals surface area contributed by atoms with Crippen molar-refractivity contribution in [2.75, 3.05) is 26.2 Å². The summed E-state index contributed by atoms with van der Waals surface area (Å²) in [6.07, 6.45) is 7.69. The Hall–Kier alpha value is -1.84. The molecule has 0 spiro atoms. The summed E-state index contributed by atoms with van der Waals surface area (Å²) >= 11 is 0. The van der Waals surface area contributed by atoms with E-state index in [1.54, 1.807) is 0 Å². The van der Waals surface area contributed by atoms with Crippen molar-refractivity contribution in [3.63, 3.8) is 0 Å². The first-order valence-electron chi connectivity index (χ1n) is 10.8. The van der Waals surface area contributed by atoms with Gasteiger partial charge in [0.25, 0.3) is 5.91 Å². The van der Waals surface area contributed by atoms with Crippen molar-refractivity contribution < 1.29 is 9.59 Å². The van der Waals surface area contributed by atoms with Crippen molar-refractivity contribution in [3.05, 3.63) is 35.4 Å². The predicted octanol–water partition coefficient (Wildman–Crippen LogP) is 3.75. The van der Waals surface area contributed by atoms with Crippen LogP contribution in [0.1, 0.15) is 61.4 Å². The van der Waals surface area contributed by atoms with Crippen LogP contribution in [-0.2, 0) is 11.2 Å². The third-order valence-corrected chi connectivity index (χ3v) is 6.65. The van der Waals surface area contributed by atoms with Crippen LogP contribution < -0.4 is 0 Å². The molecule has 2 amide bonds. The maximum absolute atomic E-state index is 12.7. The summed E-state index contributed by atoms with van der Waals surface area (Å²) in [5, 5.41) is 0. The Morgan fingerprint density at radius 1 is 0.852 bits per heavy atom. The number of nitrogens with zero attached hydrogens (tertiary/aromatic N) is 2. The number of hydrogen-bond acceptors (Lipinski definition) is 2. The molecule has 4 heteroatoms. The SMILES string of the molecule is CC1CCN(C(=O)c2ccc(CC3CCN(C(=O)C4CC4)CC3)cc2)CC1. The van der Waals surface area contributed by atoms with E-state index in [-0.39, 0.29) is 5.91 Å². The number of piperidine rings is 2. The molecule has 2 saturated heterocycles. The smallest absolute Gasteiger partial charge is 0.253 e. The van der Waals surface area contributed by atoms with Crippen LogP contribution in [0.3, 0.4) is 0 Å². The monoisotopic (exact) mass is 368 g/mol. The maximum Gasteiger partial charge on any atom is 0.253 e. The van der Waals surface area contributed by atoms with Gasteiger partial charge in [0.2, 0.25) is 5.91 Å². The van der Waals surface area contributed by atoms with E-state index in [4.69, 9.17) is 0 Å². The molecule has 3 fully saturated rings. The number of amides is 2. The highest BCUT2D eigenvalue weighted by molar-refractivity contribution is 5.94. The lowest BCUT2D eigenvalue weighted by atomic mass is 9.89. The number of carbonyl (C=O) groups is 2. The van der Waals surface area contributed by atoms with Gasteiger partial charge in [-0.3, -0.25) is 9.59 Å². The summed E-state index contributed by atoms with van der Waals surface area (Å²) in [6.45, 7) is 5.89. The zero-order valence-corrected chi connectivity index (χ0v) is 16.5. The van der Waals surface area contributed by atoms with Crippen molar-refractivity contribution >= 4 is 11.8 Å². The summed E-state index contributed by atoms with van der Waals surface area (Å²) in [5.41, 5.74) is 2.13. The van der Waals surface area contributed by atoms with Gasteiger partial charge in [-0.25, -0.2) is 0 Å². The highest BCUT2D eigenvalue weighted by Crippen LogP contribution is 2.33. The van der Waals surface area contributed by atoms with Crippen molar-refractivity contribution in [2.45, 2.75) is 51.9 Å². The summed E-state index contributed by atoms with van der Waals surface area (Å²) in [7, 11) is 0. The fraction of sp³-hybridized carbons (Fsp3) is 0.652. The highest BCUT2D eigenvalue weighted by Gasteiger charge is 2.34. The Morgan fingerprint density at radius 3 is 2.04 bits per heavy atom. The molecular weight excluding hydrogens is 336 g/mol. The highest BCUT2D eigenvalue weighted by atomic mass is 16.2. The van der Waals surface area contributed by atoms with E-state index >= 15 is 0 Å². The second-order valence-corrected chi connectivity index (χ2v) is 8.92. The standard InChI is InChI=1S/C23H32N2O2/c1-17-8-12-24(13-9-17)22(26)20-4-2-18(3-5-20)16-19-10-14-25(15-11-19)23(27)21-6-7-21/h2-5,17,19,21H,6-16H2,1H3. The maximum atomic E-state index is 12.7. The Balaban J connectivity index is 1.27. The number of hydrogen-bond donors (Lipinski definition) is 0. The normalized spacial score (nSPS) is 22.1. The molecular formula is C23H32N2O2. The van der Waals surface area contributed by atoms with Gasteiger partial charge >= 0.3 is 0 Å². The Kier molecular flexibility index (Phi) is 5.51. The van der Waals surface area contributed by atoms with Crippen molar-refractivity contribution in [3.8, 4) is 0 Å². The van der Waals surface area contributed by atoms with Crippen LogP contribution in [0, 0.1) is 17.8 Å². The van der Waals surface area contributed by atoms with Gasteiger partial charge in [0.1, 0.15) is 0 Å². The van der Waals surface area contributed by atoms with Gasteiger partial charge in [0.15, 0.2) is 0 Å². The second-order valence-electron chi connectivity index (χ2n) is 8.92. The number of rotatable bonds is 4. The van der Waals surface area contributed by atoms with E-state index in [1.165, 1.54) is 5.56 Å². The molecule has 0 bridgehead atoms. The summed E-state index contributed by atoms with van der Waals surface area (Å²) in [4.78, 5) is 28.9. The van der Waals surface area contributed by atoms with Crippen LogP contribution in [0.2, 0.25) is 0 Å². The van der Waals surface area contributed by atoms with Crippen LogP contribution in [0.25, 0.3) is 0 Å². The lowest BCUT2D eigenvalue weighted by molar-refractivity contribution is -0.133. The number of benzene rings is 1. The van der Waals surface area contributed by atoms with Crippen LogP contribution in [0.5, 0.6) is 0 Å². The molecule has 4 rings (SSSR count). The molecule has 146 valence electrons. The molecule has 1 aromatic carbocycles. The lowest BCUT2D eigenvalue weighted by Gasteiger charge is -2.32. The molecule has 1 aromatic rings. The largest absolute Gasteiger partial charge is 0.342 e. The van der Waals surface area contributed by atoms with Gasteiger partial charge in [0, 0.05) is 37.7 Å². The van der Waals surface area contributed by atoms with E-state index in [9.17, 15) is 9.59 Å². The average molecular weight is 369 g/mol. The van der Waals surface area contributed by atoms with E-state index in [0.717, 1.165) is 82.6 Å². The molecule has 4 nitrogen and oxygen atoms in total. The molecule has 1 saturated carbocycles. The molecule has 0 atom stereocenters. The molecule has 27 heavy (non-hydrogen) atoms. The average Bonchev–Trinajstić information content (AvgIpc) is 3.54. The fourth-order valence-electron chi connectivity index (χ4n) is 4.46. The van der Waals surface area contributed by atoms with Crippen LogP contribution >= 0.6 is 0 Å². The predicted molar refractivity (Wildman–Crippen MR) is 106 cm³/mol. The molecule has 3 aliphatic rings. The molecule has 0 radical (unpaired) electrons. The number of likely N-dealkylation sites (tertiary alicyclic amines) is 2. The minimum absolute atomic E-state index is 0.181. The van der Waals surface area contributed by atoms with Gasteiger partial charge < -0.3 is 9.80 Å². The van der Waals surface area contributed by atoms with Crippen LogP contribution in [-0.4, -0.2) is 47.8 Å². The first kappa shape index (κ1) is 18.5. The molecule has 2 heterocycles. The topological polar surface area (TPSA) is 40.6 Å². The van der Waals surface area contributed by atoms with E-state index in [0.29, 0.717) is 17.7 Å². The molecule has 1 aliphatic carbocycles. The van der Waals surface area contributed by atoms with Gasteiger partial charge in [-0.1, -0.05) is 19.1 Å². The Morgan fingerprint density at radius 2 is 1.44 bits per heavy atom. The van der Waals surface area contributed by atoms with Crippen LogP contribution in [0.4, 0.5) is 0 Å². The molecule has 0 aromatic heterocycles. The summed E-state index contributed by atoms with van der Waals surface area (Å²) < 4.78 is 0. The molecule has 0 N–H and O–H groups in total. The minimum Gasteiger partial charge on any atom is -0.342 e. The van der Waals surface area contributed by atoms with E-state index in [2.05, 4.69) is 24.0 Å². The third-order valence-electron chi connectivity index (χ3n) is 6.65. The zero-order valence-electron chi connectivity index (χ0n) is 16.5. The minimum atomic E-state index is 0.181. The van der Waals surface area contributed by atoms with Gasteiger partial charge in [-0.05, 0) is 74.5 Å². The van der Waals surface area contributed by atoms with Gasteiger partial charge in [-0.15, -0.1) is 0 Å². The van der Waals surface area contributed by atoms with Gasteiger partial charge in [0.05, 0.1) is 0 Å². The molecule has 0 unspecified atom stereocenters. The first-order chi connectivity index (χ1) is 13.1. The van der Waals surface area contributed by atoms with E-state index < -0.39 is 0 Å². The van der Waals surface area contributed by atoms with Crippen molar-refractivity contribution in [1.82, 2.24) is 9.80 Å². The third kappa shape index (κ3) is 4.53. The van der Waals surface area contributed by atoms with E-state index in [1.807, 2.05) is 17.0 Å². The summed E-state index contributed by atoms with van der Waals surface area (Å²) in [5.74, 6) is 2.30. The Bertz CT molecular complexity index is 664. The van der Waals surface area contributed by atoms with Crippen molar-refractivity contribution in [2.24, 2.45) is 17.8 Å². The molecule has 2 aliphatic heterocycles. The zero-order chi connectivity index (χ0) is 18.8.